The van der Waals surface area contributed by atoms with Crippen molar-refractivity contribution in [3.8, 4) is 12.3 Å². The number of hydrogen-bond donors (Lipinski definition) is 0. The van der Waals surface area contributed by atoms with E-state index in [9.17, 15) is 0 Å². The average molecular weight is 192 g/mol. The van der Waals surface area contributed by atoms with Gasteiger partial charge in [0.15, 0.2) is 0 Å². The van der Waals surface area contributed by atoms with E-state index in [0.29, 0.717) is 0 Å². The van der Waals surface area contributed by atoms with E-state index >= 15 is 0 Å². The standard InChI is InChI=1S/C12H20N2/c1-3-4-13-5-7-14(8-6-13)12-9-11(2)10-12/h1,11-12H,4-10H2,2H3. The van der Waals surface area contributed by atoms with Crippen LogP contribution in [0.4, 0.5) is 0 Å². The molecule has 2 rings (SSSR count). The Balaban J connectivity index is 1.71. The van der Waals surface area contributed by atoms with Gasteiger partial charge in [-0.15, -0.1) is 6.42 Å². The van der Waals surface area contributed by atoms with E-state index in [4.69, 9.17) is 6.42 Å². The van der Waals surface area contributed by atoms with Gasteiger partial charge in [0, 0.05) is 32.2 Å². The summed E-state index contributed by atoms with van der Waals surface area (Å²) in [7, 11) is 0. The lowest BCUT2D eigenvalue weighted by Crippen LogP contribution is -2.53. The molecule has 78 valence electrons. The lowest BCUT2D eigenvalue weighted by Gasteiger charge is -2.45. The first-order valence-corrected chi connectivity index (χ1v) is 5.69. The SMILES string of the molecule is C#CCN1CCN(C2CC(C)C2)CC1. The zero-order valence-corrected chi connectivity index (χ0v) is 9.08. The van der Waals surface area contributed by atoms with Crippen LogP contribution in [-0.4, -0.2) is 48.6 Å². The molecule has 0 N–H and O–H groups in total. The smallest absolute Gasteiger partial charge is 0.0599 e. The van der Waals surface area contributed by atoms with Crippen LogP contribution >= 0.6 is 0 Å². The fourth-order valence-electron chi connectivity index (χ4n) is 2.57. The molecule has 0 unspecified atom stereocenters. The van der Waals surface area contributed by atoms with E-state index in [1.54, 1.807) is 0 Å². The van der Waals surface area contributed by atoms with Gasteiger partial charge in [-0.25, -0.2) is 0 Å². The largest absolute Gasteiger partial charge is 0.298 e. The van der Waals surface area contributed by atoms with Crippen molar-refractivity contribution < 1.29 is 0 Å². The number of rotatable bonds is 2. The molecule has 2 heteroatoms. The molecule has 1 heterocycles. The minimum Gasteiger partial charge on any atom is -0.298 e. The Bertz CT molecular complexity index is 217. The summed E-state index contributed by atoms with van der Waals surface area (Å²) in [6, 6.07) is 0.887. The maximum absolute atomic E-state index is 5.30. The van der Waals surface area contributed by atoms with Gasteiger partial charge in [-0.2, -0.15) is 0 Å². The van der Waals surface area contributed by atoms with Gasteiger partial charge in [-0.3, -0.25) is 9.80 Å². The number of hydrogen-bond acceptors (Lipinski definition) is 2. The molecule has 0 atom stereocenters. The van der Waals surface area contributed by atoms with Gasteiger partial charge in [-0.05, 0) is 18.8 Å². The Morgan fingerprint density at radius 1 is 1.21 bits per heavy atom. The van der Waals surface area contributed by atoms with Gasteiger partial charge in [-0.1, -0.05) is 12.8 Å². The van der Waals surface area contributed by atoms with Gasteiger partial charge in [0.2, 0.25) is 0 Å². The van der Waals surface area contributed by atoms with Crippen molar-refractivity contribution in [3.63, 3.8) is 0 Å². The second kappa shape index (κ2) is 4.33. The molecule has 1 saturated heterocycles. The average Bonchev–Trinajstić information content (AvgIpc) is 2.15. The molecule has 1 saturated carbocycles. The van der Waals surface area contributed by atoms with Crippen molar-refractivity contribution in [1.29, 1.82) is 0 Å². The molecule has 0 spiro atoms. The minimum absolute atomic E-state index is 0.828. The van der Waals surface area contributed by atoms with Crippen LogP contribution in [0, 0.1) is 18.3 Å². The summed E-state index contributed by atoms with van der Waals surface area (Å²) in [5.74, 6) is 3.69. The van der Waals surface area contributed by atoms with E-state index in [1.165, 1.54) is 25.9 Å². The van der Waals surface area contributed by atoms with Crippen molar-refractivity contribution in [1.82, 2.24) is 9.80 Å². The molecule has 0 aromatic carbocycles. The second-order valence-corrected chi connectivity index (χ2v) is 4.75. The lowest BCUT2D eigenvalue weighted by molar-refractivity contribution is 0.0422. The van der Waals surface area contributed by atoms with Gasteiger partial charge in [0.1, 0.15) is 0 Å². The highest BCUT2D eigenvalue weighted by atomic mass is 15.3. The highest BCUT2D eigenvalue weighted by molar-refractivity contribution is 4.92. The van der Waals surface area contributed by atoms with Crippen LogP contribution in [0.15, 0.2) is 0 Å². The monoisotopic (exact) mass is 192 g/mol. The molecule has 0 amide bonds. The molecule has 1 aliphatic heterocycles. The maximum Gasteiger partial charge on any atom is 0.0599 e. The van der Waals surface area contributed by atoms with Crippen LogP contribution in [0.2, 0.25) is 0 Å². The summed E-state index contributed by atoms with van der Waals surface area (Å²) in [5.41, 5.74) is 0. The summed E-state index contributed by atoms with van der Waals surface area (Å²) in [4.78, 5) is 5.02. The third kappa shape index (κ3) is 2.10. The number of terminal acetylenes is 1. The Morgan fingerprint density at radius 2 is 1.86 bits per heavy atom. The highest BCUT2D eigenvalue weighted by Crippen LogP contribution is 2.31. The van der Waals surface area contributed by atoms with Crippen LogP contribution in [0.25, 0.3) is 0 Å². The minimum atomic E-state index is 0.828. The fraction of sp³-hybridized carbons (Fsp3) is 0.833. The van der Waals surface area contributed by atoms with Crippen LogP contribution in [0.1, 0.15) is 19.8 Å². The molecule has 0 aromatic heterocycles. The van der Waals surface area contributed by atoms with Crippen molar-refractivity contribution in [2.75, 3.05) is 32.7 Å². The number of piperazine rings is 1. The van der Waals surface area contributed by atoms with Crippen LogP contribution in [0.3, 0.4) is 0 Å². The van der Waals surface area contributed by atoms with Crippen molar-refractivity contribution in [2.45, 2.75) is 25.8 Å². The first kappa shape index (κ1) is 10.0. The van der Waals surface area contributed by atoms with Gasteiger partial charge < -0.3 is 0 Å². The van der Waals surface area contributed by atoms with E-state index < -0.39 is 0 Å². The Hall–Kier alpha value is -0.520. The Morgan fingerprint density at radius 3 is 2.36 bits per heavy atom. The summed E-state index contributed by atoms with van der Waals surface area (Å²) in [6.07, 6.45) is 8.13. The topological polar surface area (TPSA) is 6.48 Å². The van der Waals surface area contributed by atoms with E-state index in [2.05, 4.69) is 22.6 Å². The molecular weight excluding hydrogens is 172 g/mol. The molecule has 2 fully saturated rings. The van der Waals surface area contributed by atoms with Crippen molar-refractivity contribution in [3.05, 3.63) is 0 Å². The molecule has 0 bridgehead atoms. The third-order valence-corrected chi connectivity index (χ3v) is 3.59. The van der Waals surface area contributed by atoms with Crippen LogP contribution < -0.4 is 0 Å². The number of nitrogens with zero attached hydrogens (tertiary/aromatic N) is 2. The molecule has 0 aromatic rings. The molecule has 2 aliphatic rings. The lowest BCUT2D eigenvalue weighted by atomic mass is 9.80. The first-order valence-electron chi connectivity index (χ1n) is 5.69. The van der Waals surface area contributed by atoms with E-state index in [-0.39, 0.29) is 0 Å². The molecular formula is C12H20N2. The van der Waals surface area contributed by atoms with Gasteiger partial charge in [0.25, 0.3) is 0 Å². The summed E-state index contributed by atoms with van der Waals surface area (Å²) < 4.78 is 0. The van der Waals surface area contributed by atoms with Crippen molar-refractivity contribution in [2.24, 2.45) is 5.92 Å². The van der Waals surface area contributed by atoms with Gasteiger partial charge in [0.05, 0.1) is 6.54 Å². The van der Waals surface area contributed by atoms with Gasteiger partial charge >= 0.3 is 0 Å². The molecule has 2 nitrogen and oxygen atoms in total. The molecule has 14 heavy (non-hydrogen) atoms. The van der Waals surface area contributed by atoms with E-state index in [0.717, 1.165) is 31.6 Å². The predicted octanol–water partition coefficient (Wildman–Crippen LogP) is 1.04. The first-order chi connectivity index (χ1) is 6.79. The summed E-state index contributed by atoms with van der Waals surface area (Å²) in [5, 5.41) is 0. The summed E-state index contributed by atoms with van der Waals surface area (Å²) in [6.45, 7) is 7.95. The van der Waals surface area contributed by atoms with Crippen LogP contribution in [-0.2, 0) is 0 Å². The second-order valence-electron chi connectivity index (χ2n) is 4.75. The fourth-order valence-corrected chi connectivity index (χ4v) is 2.57. The summed E-state index contributed by atoms with van der Waals surface area (Å²) >= 11 is 0. The highest BCUT2D eigenvalue weighted by Gasteiger charge is 2.32. The van der Waals surface area contributed by atoms with E-state index in [1.807, 2.05) is 0 Å². The zero-order valence-electron chi connectivity index (χ0n) is 9.08. The normalized spacial score (nSPS) is 34.9. The molecule has 1 aliphatic carbocycles. The Labute approximate surface area is 87.3 Å². The molecule has 0 radical (unpaired) electrons. The maximum atomic E-state index is 5.30. The third-order valence-electron chi connectivity index (χ3n) is 3.59. The quantitative estimate of drug-likeness (QED) is 0.603. The zero-order chi connectivity index (χ0) is 9.97. The van der Waals surface area contributed by atoms with Crippen LogP contribution in [0.5, 0.6) is 0 Å². The predicted molar refractivity (Wildman–Crippen MR) is 59.0 cm³/mol. The van der Waals surface area contributed by atoms with Crippen molar-refractivity contribution >= 4 is 0 Å². The Kier molecular flexibility index (Phi) is 3.10.